The van der Waals surface area contributed by atoms with Crippen LogP contribution in [0.2, 0.25) is 5.02 Å². The summed E-state index contributed by atoms with van der Waals surface area (Å²) in [5.74, 6) is -0.266. The SMILES string of the molecule is COC(=O)c1ccccc1S(=O)(=O)N(Cc1cc(-c2ccccc2)on1)c1ccccc1Cl. The van der Waals surface area contributed by atoms with E-state index in [1.165, 1.54) is 25.3 Å². The van der Waals surface area contributed by atoms with E-state index in [2.05, 4.69) is 5.16 Å². The lowest BCUT2D eigenvalue weighted by atomic mass is 10.1. The summed E-state index contributed by atoms with van der Waals surface area (Å²) in [5.41, 5.74) is 1.33. The van der Waals surface area contributed by atoms with Crippen molar-refractivity contribution in [2.24, 2.45) is 0 Å². The van der Waals surface area contributed by atoms with Gasteiger partial charge in [0.25, 0.3) is 10.0 Å². The summed E-state index contributed by atoms with van der Waals surface area (Å²) in [4.78, 5) is 12.1. The average Bonchev–Trinajstić information content (AvgIpc) is 3.32. The Balaban J connectivity index is 1.80. The summed E-state index contributed by atoms with van der Waals surface area (Å²) in [6.45, 7) is -0.169. The predicted molar refractivity (Wildman–Crippen MR) is 125 cm³/mol. The van der Waals surface area contributed by atoms with Crippen molar-refractivity contribution in [2.45, 2.75) is 11.4 Å². The molecule has 33 heavy (non-hydrogen) atoms. The first-order valence-electron chi connectivity index (χ1n) is 9.87. The lowest BCUT2D eigenvalue weighted by molar-refractivity contribution is 0.0596. The molecule has 0 fully saturated rings. The molecular weight excluding hydrogens is 464 g/mol. The summed E-state index contributed by atoms with van der Waals surface area (Å²) in [6.07, 6.45) is 0. The highest BCUT2D eigenvalue weighted by Crippen LogP contribution is 2.33. The van der Waals surface area contributed by atoms with Crippen molar-refractivity contribution < 1.29 is 22.5 Å². The zero-order valence-corrected chi connectivity index (χ0v) is 19.1. The fourth-order valence-corrected chi connectivity index (χ4v) is 5.24. The first kappa shape index (κ1) is 22.6. The molecule has 0 spiro atoms. The standard InChI is InChI=1S/C24H19ClN2O5S/c1-31-24(28)19-11-5-8-14-23(19)33(29,30)27(21-13-7-6-12-20(21)25)16-18-15-22(32-26-18)17-9-3-2-4-10-17/h2-15H,16H2,1H3. The molecule has 0 saturated carbocycles. The minimum absolute atomic E-state index is 0.0813. The van der Waals surface area contributed by atoms with Gasteiger partial charge >= 0.3 is 5.97 Å². The number of hydrogen-bond donors (Lipinski definition) is 0. The van der Waals surface area contributed by atoms with Crippen LogP contribution in [0.5, 0.6) is 0 Å². The van der Waals surface area contributed by atoms with Crippen molar-refractivity contribution in [2.75, 3.05) is 11.4 Å². The zero-order valence-electron chi connectivity index (χ0n) is 17.5. The summed E-state index contributed by atoms with van der Waals surface area (Å²) in [7, 11) is -3.06. The highest BCUT2D eigenvalue weighted by atomic mass is 35.5. The third-order valence-electron chi connectivity index (χ3n) is 4.90. The second-order valence-corrected chi connectivity index (χ2v) is 9.24. The number of halogens is 1. The molecule has 0 atom stereocenters. The van der Waals surface area contributed by atoms with Crippen LogP contribution in [0.15, 0.2) is 94.3 Å². The fourth-order valence-electron chi connectivity index (χ4n) is 3.31. The van der Waals surface area contributed by atoms with Gasteiger partial charge in [-0.1, -0.05) is 71.4 Å². The number of anilines is 1. The quantitative estimate of drug-likeness (QED) is 0.337. The minimum Gasteiger partial charge on any atom is -0.465 e. The smallest absolute Gasteiger partial charge is 0.339 e. The first-order valence-corrected chi connectivity index (χ1v) is 11.7. The van der Waals surface area contributed by atoms with Crippen molar-refractivity contribution in [3.05, 3.63) is 101 Å². The van der Waals surface area contributed by atoms with E-state index in [-0.39, 0.29) is 27.7 Å². The van der Waals surface area contributed by atoms with Gasteiger partial charge in [-0.25, -0.2) is 13.2 Å². The van der Waals surface area contributed by atoms with Crippen molar-refractivity contribution in [3.8, 4) is 11.3 Å². The average molecular weight is 483 g/mol. The molecule has 1 aromatic heterocycles. The molecule has 0 radical (unpaired) electrons. The minimum atomic E-state index is -4.25. The van der Waals surface area contributed by atoms with Gasteiger partial charge in [0, 0.05) is 11.6 Å². The fraction of sp³-hybridized carbons (Fsp3) is 0.0833. The number of methoxy groups -OCH3 is 1. The Kier molecular flexibility index (Phi) is 6.48. The first-order chi connectivity index (χ1) is 15.9. The van der Waals surface area contributed by atoms with Crippen molar-refractivity contribution in [1.82, 2.24) is 5.16 Å². The van der Waals surface area contributed by atoms with Gasteiger partial charge in [0.2, 0.25) is 0 Å². The molecule has 0 unspecified atom stereocenters. The van der Waals surface area contributed by atoms with Crippen LogP contribution in [0, 0.1) is 0 Å². The number of carbonyl (C=O) groups is 1. The molecule has 9 heteroatoms. The van der Waals surface area contributed by atoms with Crippen LogP contribution in [-0.4, -0.2) is 26.7 Å². The Labute approximate surface area is 196 Å². The predicted octanol–water partition coefficient (Wildman–Crippen LogP) is 5.18. The number of aromatic nitrogens is 1. The van der Waals surface area contributed by atoms with Gasteiger partial charge in [-0.3, -0.25) is 4.31 Å². The molecule has 0 N–H and O–H groups in total. The summed E-state index contributed by atoms with van der Waals surface area (Å²) >= 11 is 6.37. The molecule has 0 aliphatic rings. The van der Waals surface area contributed by atoms with Crippen LogP contribution < -0.4 is 4.31 Å². The monoisotopic (exact) mass is 482 g/mol. The van der Waals surface area contributed by atoms with Crippen molar-refractivity contribution >= 4 is 33.3 Å². The van der Waals surface area contributed by atoms with E-state index in [1.54, 1.807) is 36.4 Å². The number of rotatable bonds is 7. The zero-order chi connectivity index (χ0) is 23.4. The van der Waals surface area contributed by atoms with Gasteiger partial charge in [0.15, 0.2) is 5.76 Å². The molecule has 1 heterocycles. The van der Waals surface area contributed by atoms with Crippen LogP contribution in [0.1, 0.15) is 16.1 Å². The molecule has 4 rings (SSSR count). The van der Waals surface area contributed by atoms with Crippen molar-refractivity contribution in [3.63, 3.8) is 0 Å². The van der Waals surface area contributed by atoms with E-state index in [1.807, 2.05) is 30.3 Å². The molecule has 0 amide bonds. The number of nitrogens with zero attached hydrogens (tertiary/aromatic N) is 2. The third kappa shape index (κ3) is 4.62. The molecule has 168 valence electrons. The lowest BCUT2D eigenvalue weighted by Gasteiger charge is -2.25. The Morgan fingerprint density at radius 1 is 1.00 bits per heavy atom. The Morgan fingerprint density at radius 3 is 2.39 bits per heavy atom. The maximum absolute atomic E-state index is 13.8. The number of sulfonamides is 1. The van der Waals surface area contributed by atoms with E-state index in [0.717, 1.165) is 9.87 Å². The Morgan fingerprint density at radius 2 is 1.67 bits per heavy atom. The van der Waals surface area contributed by atoms with Gasteiger partial charge in [-0.2, -0.15) is 0 Å². The molecule has 4 aromatic rings. The highest BCUT2D eigenvalue weighted by Gasteiger charge is 2.31. The number of esters is 1. The Hall–Kier alpha value is -3.62. The van der Waals surface area contributed by atoms with E-state index in [9.17, 15) is 13.2 Å². The maximum atomic E-state index is 13.8. The normalized spacial score (nSPS) is 11.2. The lowest BCUT2D eigenvalue weighted by Crippen LogP contribution is -2.32. The number of para-hydroxylation sites is 1. The molecule has 0 aliphatic heterocycles. The number of ether oxygens (including phenoxy) is 1. The van der Waals surface area contributed by atoms with Crippen LogP contribution in [0.3, 0.4) is 0 Å². The summed E-state index contributed by atoms with van der Waals surface area (Å²) < 4.78 is 38.9. The molecule has 0 saturated heterocycles. The van der Waals surface area contributed by atoms with E-state index >= 15 is 0 Å². The largest absolute Gasteiger partial charge is 0.465 e. The number of carbonyl (C=O) groups excluding carboxylic acids is 1. The number of hydrogen-bond acceptors (Lipinski definition) is 6. The third-order valence-corrected chi connectivity index (χ3v) is 7.04. The molecule has 0 bridgehead atoms. The van der Waals surface area contributed by atoms with E-state index in [0.29, 0.717) is 11.5 Å². The van der Waals surface area contributed by atoms with Crippen LogP contribution >= 0.6 is 11.6 Å². The molecule has 3 aromatic carbocycles. The maximum Gasteiger partial charge on any atom is 0.339 e. The van der Waals surface area contributed by atoms with Gasteiger partial charge in [-0.05, 0) is 24.3 Å². The molecular formula is C24H19ClN2O5S. The van der Waals surface area contributed by atoms with Gasteiger partial charge < -0.3 is 9.26 Å². The second-order valence-electron chi connectivity index (χ2n) is 7.00. The van der Waals surface area contributed by atoms with Crippen LogP contribution in [0.4, 0.5) is 5.69 Å². The molecule has 7 nitrogen and oxygen atoms in total. The van der Waals surface area contributed by atoms with Gasteiger partial charge in [0.1, 0.15) is 10.6 Å². The second kappa shape index (κ2) is 9.48. The Bertz CT molecular complexity index is 1390. The summed E-state index contributed by atoms with van der Waals surface area (Å²) in [5, 5.41) is 4.28. The van der Waals surface area contributed by atoms with Gasteiger partial charge in [0.05, 0.1) is 29.9 Å². The van der Waals surface area contributed by atoms with Crippen LogP contribution in [-0.2, 0) is 21.3 Å². The van der Waals surface area contributed by atoms with Crippen molar-refractivity contribution in [1.29, 1.82) is 0 Å². The topological polar surface area (TPSA) is 89.7 Å². The van der Waals surface area contributed by atoms with E-state index < -0.39 is 16.0 Å². The molecule has 0 aliphatic carbocycles. The van der Waals surface area contributed by atoms with Gasteiger partial charge in [-0.15, -0.1) is 0 Å². The highest BCUT2D eigenvalue weighted by molar-refractivity contribution is 7.92. The van der Waals surface area contributed by atoms with E-state index in [4.69, 9.17) is 20.9 Å². The summed E-state index contributed by atoms with van der Waals surface area (Å²) in [6, 6.07) is 23.4. The number of benzene rings is 3. The van der Waals surface area contributed by atoms with Crippen LogP contribution in [0.25, 0.3) is 11.3 Å².